The van der Waals surface area contributed by atoms with Crippen LogP contribution in [-0.4, -0.2) is 19.1 Å². The fraction of sp³-hybridized carbons (Fsp3) is 1.00. The lowest BCUT2D eigenvalue weighted by Gasteiger charge is -2.06. The highest BCUT2D eigenvalue weighted by Gasteiger charge is 2.21. The van der Waals surface area contributed by atoms with Gasteiger partial charge in [0.2, 0.25) is 0 Å². The maximum Gasteiger partial charge on any atom is 0.00822 e. The summed E-state index contributed by atoms with van der Waals surface area (Å²) in [6.07, 6.45) is 3.80. The number of nitrogens with one attached hydrogen (secondary N) is 1. The van der Waals surface area contributed by atoms with Gasteiger partial charge in [-0.3, -0.25) is 0 Å². The van der Waals surface area contributed by atoms with E-state index in [0.717, 1.165) is 24.9 Å². The van der Waals surface area contributed by atoms with Crippen molar-refractivity contribution in [2.45, 2.75) is 32.2 Å². The van der Waals surface area contributed by atoms with Gasteiger partial charge in [-0.2, -0.15) is 0 Å². The molecule has 0 amide bonds. The van der Waals surface area contributed by atoms with Gasteiger partial charge in [0.15, 0.2) is 0 Å². The summed E-state index contributed by atoms with van der Waals surface area (Å²) in [5, 5.41) is 3.48. The number of nitrogens with two attached hydrogens (primary N) is 1. The third-order valence-electron chi connectivity index (χ3n) is 2.41. The van der Waals surface area contributed by atoms with Crippen LogP contribution in [0.1, 0.15) is 26.2 Å². The first kappa shape index (κ1) is 8.02. The van der Waals surface area contributed by atoms with E-state index < -0.39 is 0 Å². The first-order chi connectivity index (χ1) is 4.86. The normalized spacial score (nSPS) is 33.0. The van der Waals surface area contributed by atoms with Crippen molar-refractivity contribution in [2.75, 3.05) is 13.1 Å². The topological polar surface area (TPSA) is 38.0 Å². The van der Waals surface area contributed by atoms with Crippen molar-refractivity contribution >= 4 is 0 Å². The van der Waals surface area contributed by atoms with E-state index in [1.54, 1.807) is 0 Å². The largest absolute Gasteiger partial charge is 0.330 e. The van der Waals surface area contributed by atoms with Crippen LogP contribution >= 0.6 is 0 Å². The molecule has 0 saturated carbocycles. The average molecular weight is 142 g/mol. The Labute approximate surface area is 63.2 Å². The van der Waals surface area contributed by atoms with E-state index in [2.05, 4.69) is 12.2 Å². The second kappa shape index (κ2) is 3.94. The number of hydrogen-bond acceptors (Lipinski definition) is 2. The van der Waals surface area contributed by atoms with E-state index in [-0.39, 0.29) is 0 Å². The summed E-state index contributed by atoms with van der Waals surface area (Å²) in [6, 6.07) is 0.718. The second-order valence-electron chi connectivity index (χ2n) is 3.19. The van der Waals surface area contributed by atoms with Gasteiger partial charge in [0.05, 0.1) is 0 Å². The SMILES string of the molecule is CC[C@@H]1CN[C@H](CCN)C1. The predicted molar refractivity (Wildman–Crippen MR) is 43.9 cm³/mol. The molecule has 1 aliphatic heterocycles. The van der Waals surface area contributed by atoms with E-state index in [4.69, 9.17) is 5.73 Å². The van der Waals surface area contributed by atoms with E-state index in [1.807, 2.05) is 0 Å². The zero-order chi connectivity index (χ0) is 7.40. The van der Waals surface area contributed by atoms with Crippen molar-refractivity contribution in [3.05, 3.63) is 0 Å². The van der Waals surface area contributed by atoms with Crippen molar-refractivity contribution in [3.63, 3.8) is 0 Å². The van der Waals surface area contributed by atoms with E-state index in [0.29, 0.717) is 0 Å². The van der Waals surface area contributed by atoms with Gasteiger partial charge in [-0.1, -0.05) is 13.3 Å². The molecule has 0 unspecified atom stereocenters. The zero-order valence-electron chi connectivity index (χ0n) is 6.77. The van der Waals surface area contributed by atoms with Gasteiger partial charge in [0, 0.05) is 6.04 Å². The van der Waals surface area contributed by atoms with Crippen LogP contribution in [0.5, 0.6) is 0 Å². The first-order valence-corrected chi connectivity index (χ1v) is 4.30. The van der Waals surface area contributed by atoms with Crippen LogP contribution in [0, 0.1) is 5.92 Å². The molecule has 10 heavy (non-hydrogen) atoms. The van der Waals surface area contributed by atoms with Gasteiger partial charge in [0.25, 0.3) is 0 Å². The van der Waals surface area contributed by atoms with Crippen molar-refractivity contribution < 1.29 is 0 Å². The molecule has 60 valence electrons. The molecule has 1 heterocycles. The van der Waals surface area contributed by atoms with Crippen LogP contribution in [0.15, 0.2) is 0 Å². The van der Waals surface area contributed by atoms with Crippen LogP contribution in [0.25, 0.3) is 0 Å². The maximum atomic E-state index is 5.46. The summed E-state index contributed by atoms with van der Waals surface area (Å²) < 4.78 is 0. The molecule has 0 aromatic rings. The average Bonchev–Trinajstić information content (AvgIpc) is 2.37. The summed E-state index contributed by atoms with van der Waals surface area (Å²) >= 11 is 0. The van der Waals surface area contributed by atoms with Gasteiger partial charge >= 0.3 is 0 Å². The smallest absolute Gasteiger partial charge is 0.00822 e. The molecule has 0 aromatic carbocycles. The molecule has 1 aliphatic rings. The molecule has 0 aromatic heterocycles. The van der Waals surface area contributed by atoms with Crippen LogP contribution in [0.3, 0.4) is 0 Å². The molecule has 0 bridgehead atoms. The van der Waals surface area contributed by atoms with Crippen molar-refractivity contribution in [3.8, 4) is 0 Å². The Kier molecular flexibility index (Phi) is 3.16. The minimum atomic E-state index is 0.718. The third kappa shape index (κ3) is 1.96. The lowest BCUT2D eigenvalue weighted by atomic mass is 10.0. The van der Waals surface area contributed by atoms with Gasteiger partial charge in [-0.25, -0.2) is 0 Å². The van der Waals surface area contributed by atoms with Crippen molar-refractivity contribution in [2.24, 2.45) is 11.7 Å². The lowest BCUT2D eigenvalue weighted by molar-refractivity contribution is 0.522. The quantitative estimate of drug-likeness (QED) is 0.609. The predicted octanol–water partition coefficient (Wildman–Crippen LogP) is 0.723. The molecule has 0 aliphatic carbocycles. The van der Waals surface area contributed by atoms with E-state index in [9.17, 15) is 0 Å². The van der Waals surface area contributed by atoms with Crippen LogP contribution in [-0.2, 0) is 0 Å². The third-order valence-corrected chi connectivity index (χ3v) is 2.41. The molecule has 0 radical (unpaired) electrons. The molecular formula is C8H18N2. The van der Waals surface area contributed by atoms with Gasteiger partial charge in [-0.05, 0) is 31.8 Å². The fourth-order valence-corrected chi connectivity index (χ4v) is 1.63. The van der Waals surface area contributed by atoms with Gasteiger partial charge < -0.3 is 11.1 Å². The van der Waals surface area contributed by atoms with Crippen LogP contribution in [0.4, 0.5) is 0 Å². The molecule has 1 saturated heterocycles. The standard InChI is InChI=1S/C8H18N2/c1-2-7-5-8(3-4-9)10-6-7/h7-8,10H,2-6,9H2,1H3/t7-,8+/m0/s1. The molecule has 2 nitrogen and oxygen atoms in total. The highest BCUT2D eigenvalue weighted by Crippen LogP contribution is 2.18. The van der Waals surface area contributed by atoms with Gasteiger partial charge in [-0.15, -0.1) is 0 Å². The Bertz CT molecular complexity index is 93.3. The molecule has 2 atom stereocenters. The minimum absolute atomic E-state index is 0.718. The van der Waals surface area contributed by atoms with E-state index >= 15 is 0 Å². The molecular weight excluding hydrogens is 124 g/mol. The van der Waals surface area contributed by atoms with Crippen LogP contribution in [0.2, 0.25) is 0 Å². The summed E-state index contributed by atoms with van der Waals surface area (Å²) in [5.41, 5.74) is 5.46. The molecule has 1 fully saturated rings. The zero-order valence-corrected chi connectivity index (χ0v) is 6.77. The van der Waals surface area contributed by atoms with Gasteiger partial charge in [0.1, 0.15) is 0 Å². The summed E-state index contributed by atoms with van der Waals surface area (Å²) in [4.78, 5) is 0. The number of hydrogen-bond donors (Lipinski definition) is 2. The van der Waals surface area contributed by atoms with E-state index in [1.165, 1.54) is 19.4 Å². The molecule has 1 rings (SSSR count). The summed E-state index contributed by atoms with van der Waals surface area (Å²) in [5.74, 6) is 0.913. The second-order valence-corrected chi connectivity index (χ2v) is 3.19. The minimum Gasteiger partial charge on any atom is -0.330 e. The Morgan fingerprint density at radius 1 is 1.60 bits per heavy atom. The number of rotatable bonds is 3. The Morgan fingerprint density at radius 3 is 2.90 bits per heavy atom. The molecule has 0 spiro atoms. The summed E-state index contributed by atoms with van der Waals surface area (Å²) in [7, 11) is 0. The molecule has 3 N–H and O–H groups in total. The maximum absolute atomic E-state index is 5.46. The van der Waals surface area contributed by atoms with Crippen molar-refractivity contribution in [1.29, 1.82) is 0 Å². The highest BCUT2D eigenvalue weighted by atomic mass is 14.9. The summed E-state index contributed by atoms with van der Waals surface area (Å²) in [6.45, 7) is 4.30. The van der Waals surface area contributed by atoms with Crippen molar-refractivity contribution in [1.82, 2.24) is 5.32 Å². The Hall–Kier alpha value is -0.0800. The first-order valence-electron chi connectivity index (χ1n) is 4.30. The highest BCUT2D eigenvalue weighted by molar-refractivity contribution is 4.80. The monoisotopic (exact) mass is 142 g/mol. The van der Waals surface area contributed by atoms with Crippen LogP contribution < -0.4 is 11.1 Å². The fourth-order valence-electron chi connectivity index (χ4n) is 1.63. The Morgan fingerprint density at radius 2 is 2.40 bits per heavy atom. The Balaban J connectivity index is 2.15. The lowest BCUT2D eigenvalue weighted by Crippen LogP contribution is -2.24. The molecule has 2 heteroatoms.